The van der Waals surface area contributed by atoms with Crippen LogP contribution in [0, 0.1) is 0 Å². The van der Waals surface area contributed by atoms with E-state index in [0.29, 0.717) is 23.1 Å². The number of ether oxygens (including phenoxy) is 2. The van der Waals surface area contributed by atoms with Gasteiger partial charge in [-0.3, -0.25) is 0 Å². The minimum atomic E-state index is 0.376. The van der Waals surface area contributed by atoms with E-state index in [1.165, 1.54) is 11.3 Å². The third kappa shape index (κ3) is 3.26. The minimum Gasteiger partial charge on any atom is -0.493 e. The molecule has 6 heteroatoms. The van der Waals surface area contributed by atoms with E-state index in [1.54, 1.807) is 7.11 Å². The molecule has 0 bridgehead atoms. The smallest absolute Gasteiger partial charge is 0.161 e. The van der Waals surface area contributed by atoms with Gasteiger partial charge in [0.15, 0.2) is 11.5 Å². The van der Waals surface area contributed by atoms with Crippen LogP contribution in [0.15, 0.2) is 24.3 Å². The van der Waals surface area contributed by atoms with Crippen LogP contribution in [0.1, 0.15) is 22.5 Å². The molecule has 0 aliphatic carbocycles. The van der Waals surface area contributed by atoms with E-state index in [2.05, 4.69) is 4.98 Å². The molecule has 0 radical (unpaired) electrons. The van der Waals surface area contributed by atoms with Gasteiger partial charge in [-0.15, -0.1) is 11.3 Å². The second-order valence-electron chi connectivity index (χ2n) is 4.04. The zero-order valence-electron chi connectivity index (χ0n) is 11.4. The fourth-order valence-electron chi connectivity index (χ4n) is 1.77. The first kappa shape index (κ1) is 14.7. The molecule has 0 aliphatic heterocycles. The van der Waals surface area contributed by atoms with Crippen molar-refractivity contribution >= 4 is 28.5 Å². The van der Waals surface area contributed by atoms with Crippen LogP contribution in [0.2, 0.25) is 0 Å². The van der Waals surface area contributed by atoms with Crippen LogP contribution in [-0.4, -0.2) is 17.1 Å². The molecule has 2 rings (SSSR count). The summed E-state index contributed by atoms with van der Waals surface area (Å²) >= 11 is 6.52. The Morgan fingerprint density at radius 2 is 2.05 bits per heavy atom. The Hall–Kier alpha value is -1.66. The van der Waals surface area contributed by atoms with Crippen LogP contribution < -0.4 is 15.2 Å². The summed E-state index contributed by atoms with van der Waals surface area (Å²) in [5, 5.41) is 0.857. The van der Waals surface area contributed by atoms with Crippen molar-refractivity contribution < 1.29 is 9.47 Å². The largest absolute Gasteiger partial charge is 0.493 e. The maximum Gasteiger partial charge on any atom is 0.161 e. The van der Waals surface area contributed by atoms with E-state index in [4.69, 9.17) is 27.4 Å². The summed E-state index contributed by atoms with van der Waals surface area (Å²) in [5.74, 6) is 1.40. The lowest BCUT2D eigenvalue weighted by molar-refractivity contribution is 0.284. The number of aryl methyl sites for hydroxylation is 1. The first-order valence-electron chi connectivity index (χ1n) is 6.19. The van der Waals surface area contributed by atoms with Gasteiger partial charge in [-0.2, -0.15) is 0 Å². The van der Waals surface area contributed by atoms with Gasteiger partial charge in [-0.05, 0) is 18.6 Å². The lowest BCUT2D eigenvalue weighted by atomic mass is 10.3. The van der Waals surface area contributed by atoms with Gasteiger partial charge in [0.1, 0.15) is 16.6 Å². The molecule has 0 amide bonds. The molecule has 0 unspecified atom stereocenters. The predicted octanol–water partition coefficient (Wildman–Crippen LogP) is 2.93. The molecule has 20 heavy (non-hydrogen) atoms. The first-order chi connectivity index (χ1) is 9.65. The number of thiocarbonyl (C=S) groups is 1. The van der Waals surface area contributed by atoms with E-state index in [9.17, 15) is 0 Å². The zero-order chi connectivity index (χ0) is 14.5. The highest BCUT2D eigenvalue weighted by atomic mass is 32.1. The zero-order valence-corrected chi connectivity index (χ0v) is 13.0. The van der Waals surface area contributed by atoms with Gasteiger partial charge in [0.05, 0.1) is 17.7 Å². The van der Waals surface area contributed by atoms with Crippen molar-refractivity contribution in [1.29, 1.82) is 0 Å². The lowest BCUT2D eigenvalue weighted by Crippen LogP contribution is -2.09. The Morgan fingerprint density at radius 3 is 2.60 bits per heavy atom. The second-order valence-corrected chi connectivity index (χ2v) is 5.56. The highest BCUT2D eigenvalue weighted by Gasteiger charge is 2.13. The van der Waals surface area contributed by atoms with Crippen molar-refractivity contribution in [2.45, 2.75) is 20.0 Å². The summed E-state index contributed by atoms with van der Waals surface area (Å²) in [5.41, 5.74) is 6.63. The number of aromatic nitrogens is 1. The average Bonchev–Trinajstić information content (AvgIpc) is 2.89. The normalized spacial score (nSPS) is 10.3. The molecule has 1 aromatic carbocycles. The van der Waals surface area contributed by atoms with Crippen LogP contribution in [0.3, 0.4) is 0 Å². The maximum absolute atomic E-state index is 5.75. The summed E-state index contributed by atoms with van der Waals surface area (Å²) in [6, 6.07) is 7.52. The molecular formula is C14H16N2O2S2. The standard InChI is InChI=1S/C14H16N2O2S2/c1-3-9-13(14(15)19)20-12(16-9)8-18-11-7-5-4-6-10(11)17-2/h4-7H,3,8H2,1-2H3,(H2,15,19). The Morgan fingerprint density at radius 1 is 1.35 bits per heavy atom. The molecule has 0 fully saturated rings. The topological polar surface area (TPSA) is 57.4 Å². The fraction of sp³-hybridized carbons (Fsp3) is 0.286. The van der Waals surface area contributed by atoms with Crippen molar-refractivity contribution in [2.75, 3.05) is 7.11 Å². The van der Waals surface area contributed by atoms with E-state index in [0.717, 1.165) is 22.0 Å². The number of benzene rings is 1. The SMILES string of the molecule is CCc1nc(COc2ccccc2OC)sc1C(N)=S. The fourth-order valence-corrected chi connectivity index (χ4v) is 2.93. The van der Waals surface area contributed by atoms with Gasteiger partial charge in [-0.1, -0.05) is 31.3 Å². The molecule has 0 spiro atoms. The molecule has 2 N–H and O–H groups in total. The summed E-state index contributed by atoms with van der Waals surface area (Å²) in [6.07, 6.45) is 0.803. The molecule has 0 aliphatic rings. The summed E-state index contributed by atoms with van der Waals surface area (Å²) in [6.45, 7) is 2.41. The number of hydrogen-bond donors (Lipinski definition) is 1. The van der Waals surface area contributed by atoms with E-state index in [1.807, 2.05) is 31.2 Å². The summed E-state index contributed by atoms with van der Waals surface area (Å²) < 4.78 is 11.0. The highest BCUT2D eigenvalue weighted by molar-refractivity contribution is 7.81. The molecule has 2 aromatic rings. The van der Waals surface area contributed by atoms with Gasteiger partial charge in [0.25, 0.3) is 0 Å². The number of para-hydroxylation sites is 2. The third-order valence-corrected chi connectivity index (χ3v) is 4.16. The molecule has 0 saturated heterocycles. The lowest BCUT2D eigenvalue weighted by Gasteiger charge is -2.08. The van der Waals surface area contributed by atoms with E-state index in [-0.39, 0.29) is 0 Å². The first-order valence-corrected chi connectivity index (χ1v) is 7.42. The van der Waals surface area contributed by atoms with Crippen molar-refractivity contribution in [3.8, 4) is 11.5 Å². The predicted molar refractivity (Wildman–Crippen MR) is 84.7 cm³/mol. The number of nitrogens with two attached hydrogens (primary N) is 1. The van der Waals surface area contributed by atoms with Gasteiger partial charge in [0, 0.05) is 0 Å². The number of methoxy groups -OCH3 is 1. The third-order valence-electron chi connectivity index (χ3n) is 2.72. The quantitative estimate of drug-likeness (QED) is 0.832. The van der Waals surface area contributed by atoms with Gasteiger partial charge >= 0.3 is 0 Å². The van der Waals surface area contributed by atoms with Crippen LogP contribution in [0.4, 0.5) is 0 Å². The van der Waals surface area contributed by atoms with Crippen LogP contribution in [0.5, 0.6) is 11.5 Å². The molecular weight excluding hydrogens is 292 g/mol. The Labute approximate surface area is 127 Å². The number of thiazole rings is 1. The summed E-state index contributed by atoms with van der Waals surface area (Å²) in [4.78, 5) is 5.77. The molecule has 4 nitrogen and oxygen atoms in total. The maximum atomic E-state index is 5.75. The van der Waals surface area contributed by atoms with E-state index >= 15 is 0 Å². The highest BCUT2D eigenvalue weighted by Crippen LogP contribution is 2.27. The second kappa shape index (κ2) is 6.67. The molecule has 1 heterocycles. The minimum absolute atomic E-state index is 0.376. The van der Waals surface area contributed by atoms with Crippen molar-refractivity contribution in [1.82, 2.24) is 4.98 Å². The Balaban J connectivity index is 2.13. The van der Waals surface area contributed by atoms with Crippen LogP contribution >= 0.6 is 23.6 Å². The number of nitrogens with zero attached hydrogens (tertiary/aromatic N) is 1. The molecule has 0 atom stereocenters. The number of rotatable bonds is 6. The van der Waals surface area contributed by atoms with E-state index < -0.39 is 0 Å². The summed E-state index contributed by atoms with van der Waals surface area (Å²) in [7, 11) is 1.62. The Bertz CT molecular complexity index is 611. The van der Waals surface area contributed by atoms with Crippen molar-refractivity contribution in [3.63, 3.8) is 0 Å². The Kier molecular flexibility index (Phi) is 4.92. The van der Waals surface area contributed by atoms with Gasteiger partial charge in [-0.25, -0.2) is 4.98 Å². The van der Waals surface area contributed by atoms with Crippen molar-refractivity contribution in [2.24, 2.45) is 5.73 Å². The number of hydrogen-bond acceptors (Lipinski definition) is 5. The molecule has 106 valence electrons. The molecule has 0 saturated carbocycles. The van der Waals surface area contributed by atoms with Crippen LogP contribution in [0.25, 0.3) is 0 Å². The molecule has 1 aromatic heterocycles. The van der Waals surface area contributed by atoms with Crippen LogP contribution in [-0.2, 0) is 13.0 Å². The van der Waals surface area contributed by atoms with Gasteiger partial charge < -0.3 is 15.2 Å². The monoisotopic (exact) mass is 308 g/mol. The van der Waals surface area contributed by atoms with Gasteiger partial charge in [0.2, 0.25) is 0 Å². The van der Waals surface area contributed by atoms with Crippen molar-refractivity contribution in [3.05, 3.63) is 39.8 Å². The average molecular weight is 308 g/mol.